The number of hydrogen-bond donors (Lipinski definition) is 1. The second-order valence-electron chi connectivity index (χ2n) is 15.4. The van der Waals surface area contributed by atoms with Crippen LogP contribution in [0.5, 0.6) is 0 Å². The summed E-state index contributed by atoms with van der Waals surface area (Å²) in [5, 5.41) is 0. The number of allylic oxidation sites excluding steroid dienone is 8. The minimum absolute atomic E-state index is 0.0279. The van der Waals surface area contributed by atoms with Crippen molar-refractivity contribution in [2.24, 2.45) is 0 Å². The number of unbranched alkanes of at least 4 members (excludes halogenated alkanes) is 16. The summed E-state index contributed by atoms with van der Waals surface area (Å²) in [7, 11) is 1.46. The third-order valence-electron chi connectivity index (χ3n) is 8.87. The Labute approximate surface area is 331 Å². The van der Waals surface area contributed by atoms with Crippen LogP contribution in [-0.2, 0) is 32.7 Å². The monoisotopic (exact) mass is 783 g/mol. The Morgan fingerprint density at radius 2 is 1.06 bits per heavy atom. The predicted molar refractivity (Wildman–Crippen MR) is 224 cm³/mol. The van der Waals surface area contributed by atoms with E-state index in [4.69, 9.17) is 18.5 Å². The molecule has 0 saturated carbocycles. The van der Waals surface area contributed by atoms with Gasteiger partial charge < -0.3 is 18.9 Å². The molecule has 1 N–H and O–H groups in total. The second kappa shape index (κ2) is 36.6. The second-order valence-corrected chi connectivity index (χ2v) is 16.8. The summed E-state index contributed by atoms with van der Waals surface area (Å²) in [5.74, 6) is -0.816. The van der Waals surface area contributed by atoms with E-state index in [1.54, 1.807) is 0 Å². The average Bonchev–Trinajstić information content (AvgIpc) is 3.12. The molecular formula is C44H81NO8P+. The van der Waals surface area contributed by atoms with Gasteiger partial charge in [-0.3, -0.25) is 18.6 Å². The summed E-state index contributed by atoms with van der Waals surface area (Å²) in [6, 6.07) is 0. The van der Waals surface area contributed by atoms with Crippen LogP contribution in [0, 0.1) is 0 Å². The number of carbonyl (C=O) groups excluding carboxylic acids is 2. The molecule has 0 amide bonds. The summed E-state index contributed by atoms with van der Waals surface area (Å²) in [6.45, 7) is 4.27. The highest BCUT2D eigenvalue weighted by atomic mass is 31.2. The van der Waals surface area contributed by atoms with Crippen molar-refractivity contribution in [1.82, 2.24) is 0 Å². The largest absolute Gasteiger partial charge is 0.472 e. The van der Waals surface area contributed by atoms with E-state index >= 15 is 0 Å². The maximum absolute atomic E-state index is 12.7. The number of phosphoric acid groups is 1. The smallest absolute Gasteiger partial charge is 0.462 e. The number of ether oxygens (including phenoxy) is 2. The van der Waals surface area contributed by atoms with Crippen molar-refractivity contribution >= 4 is 19.8 Å². The summed E-state index contributed by atoms with van der Waals surface area (Å²) in [4.78, 5) is 35.3. The first-order chi connectivity index (χ1) is 26.0. The van der Waals surface area contributed by atoms with E-state index < -0.39 is 26.5 Å². The maximum atomic E-state index is 12.7. The summed E-state index contributed by atoms with van der Waals surface area (Å²) < 4.78 is 34.2. The van der Waals surface area contributed by atoms with E-state index in [1.807, 2.05) is 21.1 Å². The molecule has 9 nitrogen and oxygen atoms in total. The van der Waals surface area contributed by atoms with Crippen LogP contribution < -0.4 is 0 Å². The molecule has 2 unspecified atom stereocenters. The molecule has 0 heterocycles. The molecule has 0 rings (SSSR count). The molecule has 0 aromatic heterocycles. The van der Waals surface area contributed by atoms with Crippen molar-refractivity contribution in [3.8, 4) is 0 Å². The Hall–Kier alpha value is -2.03. The number of esters is 2. The molecule has 0 spiro atoms. The van der Waals surface area contributed by atoms with E-state index in [-0.39, 0.29) is 32.0 Å². The van der Waals surface area contributed by atoms with Crippen LogP contribution in [0.2, 0.25) is 0 Å². The van der Waals surface area contributed by atoms with Crippen LogP contribution in [-0.4, -0.2) is 74.9 Å². The fraction of sp³-hybridized carbons (Fsp3) is 0.773. The number of phosphoric ester groups is 1. The maximum Gasteiger partial charge on any atom is 0.472 e. The third-order valence-corrected chi connectivity index (χ3v) is 9.86. The van der Waals surface area contributed by atoms with Gasteiger partial charge in [0.15, 0.2) is 6.10 Å². The fourth-order valence-electron chi connectivity index (χ4n) is 5.53. The number of nitrogens with zero attached hydrogens (tertiary/aromatic N) is 1. The van der Waals surface area contributed by atoms with Gasteiger partial charge in [0, 0.05) is 12.8 Å². The van der Waals surface area contributed by atoms with Crippen molar-refractivity contribution in [3.63, 3.8) is 0 Å². The minimum Gasteiger partial charge on any atom is -0.462 e. The zero-order valence-electron chi connectivity index (χ0n) is 35.2. The molecule has 0 radical (unpaired) electrons. The minimum atomic E-state index is -4.37. The van der Waals surface area contributed by atoms with Crippen LogP contribution in [0.15, 0.2) is 48.6 Å². The Balaban J connectivity index is 4.38. The van der Waals surface area contributed by atoms with Gasteiger partial charge in [-0.25, -0.2) is 4.57 Å². The zero-order valence-corrected chi connectivity index (χ0v) is 36.1. The van der Waals surface area contributed by atoms with Gasteiger partial charge in [-0.15, -0.1) is 0 Å². The average molecular weight is 783 g/mol. The molecule has 0 bridgehead atoms. The first-order valence-electron chi connectivity index (χ1n) is 21.4. The topological polar surface area (TPSA) is 108 Å². The fourth-order valence-corrected chi connectivity index (χ4v) is 6.27. The number of hydrogen-bond acceptors (Lipinski definition) is 7. The van der Waals surface area contributed by atoms with Gasteiger partial charge in [-0.2, -0.15) is 0 Å². The predicted octanol–water partition coefficient (Wildman–Crippen LogP) is 11.9. The van der Waals surface area contributed by atoms with Crippen LogP contribution in [0.1, 0.15) is 168 Å². The van der Waals surface area contributed by atoms with Gasteiger partial charge in [0.1, 0.15) is 19.8 Å². The third kappa shape index (κ3) is 39.7. The molecule has 54 heavy (non-hydrogen) atoms. The van der Waals surface area contributed by atoms with E-state index in [0.717, 1.165) is 83.5 Å². The van der Waals surface area contributed by atoms with E-state index in [2.05, 4.69) is 62.5 Å². The van der Waals surface area contributed by atoms with Gasteiger partial charge in [-0.05, 0) is 51.4 Å². The Kier molecular flexibility index (Phi) is 35.2. The molecule has 0 aliphatic heterocycles. The number of carbonyl (C=O) groups is 2. The molecular weight excluding hydrogens is 701 g/mol. The van der Waals surface area contributed by atoms with Gasteiger partial charge >= 0.3 is 19.8 Å². The SMILES string of the molecule is CC/C=C\C/C=C\C/C=C\C/C=C\CCCCCCCCC(=O)OC(COC(=O)CCCCCCCCCCCCC)COP(=O)(O)OCC[N+](C)(C)C. The Morgan fingerprint density at radius 3 is 1.57 bits per heavy atom. The van der Waals surface area contributed by atoms with Gasteiger partial charge in [-0.1, -0.05) is 152 Å². The van der Waals surface area contributed by atoms with Crippen LogP contribution >= 0.6 is 7.82 Å². The highest BCUT2D eigenvalue weighted by molar-refractivity contribution is 7.47. The quantitative estimate of drug-likeness (QED) is 0.0217. The standard InChI is InChI=1S/C44H80NO8P/c1-6-8-10-12-14-16-18-19-20-21-22-23-24-25-27-29-31-33-35-37-44(47)53-42(41-52-54(48,49)51-39-38-45(3,4)5)40-50-43(46)36-34-32-30-28-26-17-15-13-11-9-7-2/h8,10,14,16,19-20,22-23,42H,6-7,9,11-13,15,17-18,21,24-41H2,1-5H3/p+1/b10-8-,16-14-,20-19-,23-22-. The summed E-state index contributed by atoms with van der Waals surface area (Å²) >= 11 is 0. The highest BCUT2D eigenvalue weighted by Gasteiger charge is 2.27. The van der Waals surface area contributed by atoms with Gasteiger partial charge in [0.25, 0.3) is 0 Å². The first-order valence-corrected chi connectivity index (χ1v) is 22.9. The van der Waals surface area contributed by atoms with Crippen LogP contribution in [0.25, 0.3) is 0 Å². The molecule has 0 aliphatic rings. The van der Waals surface area contributed by atoms with E-state index in [0.29, 0.717) is 17.4 Å². The zero-order chi connectivity index (χ0) is 40.0. The van der Waals surface area contributed by atoms with Crippen molar-refractivity contribution in [2.45, 2.75) is 174 Å². The molecule has 10 heteroatoms. The summed E-state index contributed by atoms with van der Waals surface area (Å²) in [5.41, 5.74) is 0. The molecule has 314 valence electrons. The van der Waals surface area contributed by atoms with Crippen molar-refractivity contribution in [3.05, 3.63) is 48.6 Å². The van der Waals surface area contributed by atoms with Crippen molar-refractivity contribution in [2.75, 3.05) is 47.5 Å². The number of likely N-dealkylation sites (N-methyl/N-ethyl adjacent to an activating group) is 1. The Morgan fingerprint density at radius 1 is 0.593 bits per heavy atom. The lowest BCUT2D eigenvalue weighted by Crippen LogP contribution is -2.37. The molecule has 0 aromatic rings. The summed E-state index contributed by atoms with van der Waals surface area (Å²) in [6.07, 6.45) is 41.5. The normalized spacial score (nSPS) is 14.1. The lowest BCUT2D eigenvalue weighted by atomic mass is 10.1. The molecule has 0 fully saturated rings. The van der Waals surface area contributed by atoms with Gasteiger partial charge in [0.2, 0.25) is 0 Å². The lowest BCUT2D eigenvalue weighted by molar-refractivity contribution is -0.870. The molecule has 0 aromatic carbocycles. The Bertz CT molecular complexity index is 1070. The molecule has 0 aliphatic carbocycles. The van der Waals surface area contributed by atoms with E-state index in [1.165, 1.54) is 51.4 Å². The van der Waals surface area contributed by atoms with Crippen LogP contribution in [0.4, 0.5) is 0 Å². The first kappa shape index (κ1) is 52.0. The number of quaternary nitrogens is 1. The number of rotatable bonds is 38. The molecule has 2 atom stereocenters. The van der Waals surface area contributed by atoms with Crippen LogP contribution in [0.3, 0.4) is 0 Å². The van der Waals surface area contributed by atoms with Gasteiger partial charge in [0.05, 0.1) is 27.7 Å². The van der Waals surface area contributed by atoms with Crippen molar-refractivity contribution < 1.29 is 42.1 Å². The lowest BCUT2D eigenvalue weighted by Gasteiger charge is -2.24. The van der Waals surface area contributed by atoms with E-state index in [9.17, 15) is 19.0 Å². The van der Waals surface area contributed by atoms with Crippen molar-refractivity contribution in [1.29, 1.82) is 0 Å². The molecule has 0 saturated heterocycles. The highest BCUT2D eigenvalue weighted by Crippen LogP contribution is 2.43.